The monoisotopic (exact) mass is 227 g/mol. The van der Waals surface area contributed by atoms with Crippen molar-refractivity contribution in [2.75, 3.05) is 11.9 Å². The van der Waals surface area contributed by atoms with E-state index in [4.69, 9.17) is 5.26 Å². The van der Waals surface area contributed by atoms with Crippen molar-refractivity contribution in [1.29, 1.82) is 5.26 Å². The van der Waals surface area contributed by atoms with Crippen molar-refractivity contribution in [3.05, 3.63) is 54.0 Å². The molecule has 1 heterocycles. The fourth-order valence-corrected chi connectivity index (χ4v) is 1.49. The quantitative estimate of drug-likeness (QED) is 0.792. The van der Waals surface area contributed by atoms with Crippen molar-refractivity contribution in [2.45, 2.75) is 0 Å². The van der Waals surface area contributed by atoms with E-state index >= 15 is 0 Å². The summed E-state index contributed by atoms with van der Waals surface area (Å²) in [5.74, 6) is 0.306. The van der Waals surface area contributed by atoms with E-state index in [1.54, 1.807) is 42.4 Å². The highest BCUT2D eigenvalue weighted by Crippen LogP contribution is 2.22. The van der Waals surface area contributed by atoms with Gasteiger partial charge in [0.25, 0.3) is 0 Å². The largest absolute Gasteiger partial charge is 0.329 e. The smallest absolute Gasteiger partial charge is 0.133 e. The van der Waals surface area contributed by atoms with Gasteiger partial charge >= 0.3 is 0 Å². The van der Waals surface area contributed by atoms with E-state index < -0.39 is 0 Å². The van der Waals surface area contributed by atoms with Crippen molar-refractivity contribution in [2.24, 2.45) is 0 Å². The first-order chi connectivity index (χ1) is 8.20. The van der Waals surface area contributed by atoms with Crippen molar-refractivity contribution in [3.63, 3.8) is 0 Å². The molecule has 0 fully saturated rings. The average molecular weight is 227 g/mol. The van der Waals surface area contributed by atoms with Crippen LogP contribution in [-0.4, -0.2) is 12.0 Å². The Bertz CT molecular complexity index is 575. The zero-order valence-electron chi connectivity index (χ0n) is 9.26. The zero-order chi connectivity index (χ0) is 12.3. The van der Waals surface area contributed by atoms with Crippen LogP contribution < -0.4 is 4.90 Å². The molecule has 2 rings (SSSR count). The molecular formula is C13H10FN3. The van der Waals surface area contributed by atoms with Gasteiger partial charge in [0.1, 0.15) is 11.6 Å². The predicted octanol–water partition coefficient (Wildman–Crippen LogP) is 2.86. The molecule has 0 atom stereocenters. The molecule has 0 aliphatic rings. The third-order valence-corrected chi connectivity index (χ3v) is 2.41. The van der Waals surface area contributed by atoms with Gasteiger partial charge in [0.2, 0.25) is 0 Å². The molecule has 0 aliphatic heterocycles. The highest BCUT2D eigenvalue weighted by molar-refractivity contribution is 5.60. The summed E-state index contributed by atoms with van der Waals surface area (Å²) in [4.78, 5) is 5.87. The van der Waals surface area contributed by atoms with Crippen LogP contribution in [0.1, 0.15) is 5.56 Å². The molecule has 0 spiro atoms. The van der Waals surface area contributed by atoms with Gasteiger partial charge in [-0.25, -0.2) is 9.37 Å². The summed E-state index contributed by atoms with van der Waals surface area (Å²) in [5, 5.41) is 8.80. The Morgan fingerprint density at radius 1 is 1.29 bits per heavy atom. The van der Waals surface area contributed by atoms with Crippen LogP contribution >= 0.6 is 0 Å². The Labute approximate surface area is 98.8 Å². The summed E-state index contributed by atoms with van der Waals surface area (Å²) in [6.45, 7) is 0. The Balaban J connectivity index is 2.37. The van der Waals surface area contributed by atoms with Gasteiger partial charge in [0, 0.05) is 18.9 Å². The molecule has 84 valence electrons. The summed E-state index contributed by atoms with van der Waals surface area (Å²) in [6.07, 6.45) is 1.56. The fourth-order valence-electron chi connectivity index (χ4n) is 1.49. The van der Waals surface area contributed by atoms with Gasteiger partial charge < -0.3 is 4.90 Å². The lowest BCUT2D eigenvalue weighted by molar-refractivity contribution is 0.628. The normalized spacial score (nSPS) is 9.71. The number of hydrogen-bond acceptors (Lipinski definition) is 3. The molecule has 2 aromatic rings. The van der Waals surface area contributed by atoms with Crippen LogP contribution in [0.15, 0.2) is 42.6 Å². The van der Waals surface area contributed by atoms with Crippen LogP contribution in [-0.2, 0) is 0 Å². The molecule has 3 nitrogen and oxygen atoms in total. The summed E-state index contributed by atoms with van der Waals surface area (Å²) in [7, 11) is 1.78. The first-order valence-corrected chi connectivity index (χ1v) is 5.06. The van der Waals surface area contributed by atoms with Crippen molar-refractivity contribution >= 4 is 11.5 Å². The lowest BCUT2D eigenvalue weighted by Gasteiger charge is -2.18. The van der Waals surface area contributed by atoms with E-state index in [9.17, 15) is 4.39 Å². The average Bonchev–Trinajstić information content (AvgIpc) is 2.38. The number of rotatable bonds is 2. The number of pyridine rings is 1. The van der Waals surface area contributed by atoms with Gasteiger partial charge in [-0.2, -0.15) is 5.26 Å². The summed E-state index contributed by atoms with van der Waals surface area (Å²) < 4.78 is 13.1. The van der Waals surface area contributed by atoms with Crippen LogP contribution in [0.4, 0.5) is 15.9 Å². The molecule has 0 unspecified atom stereocenters. The first-order valence-electron chi connectivity index (χ1n) is 5.06. The minimum Gasteiger partial charge on any atom is -0.329 e. The van der Waals surface area contributed by atoms with Crippen LogP contribution in [0.2, 0.25) is 0 Å². The maximum Gasteiger partial charge on any atom is 0.133 e. The number of halogens is 1. The first kappa shape index (κ1) is 11.1. The Morgan fingerprint density at radius 2 is 2.12 bits per heavy atom. The molecule has 0 amide bonds. The summed E-state index contributed by atoms with van der Waals surface area (Å²) in [6, 6.07) is 11.5. The van der Waals surface area contributed by atoms with E-state index in [1.165, 1.54) is 12.1 Å². The number of anilines is 2. The number of aromatic nitrogens is 1. The molecule has 17 heavy (non-hydrogen) atoms. The molecular weight excluding hydrogens is 217 g/mol. The molecule has 0 aliphatic carbocycles. The second-order valence-corrected chi connectivity index (χ2v) is 3.55. The minimum absolute atomic E-state index is 0.300. The Kier molecular flexibility index (Phi) is 3.01. The number of hydrogen-bond donors (Lipinski definition) is 0. The highest BCUT2D eigenvalue weighted by atomic mass is 19.1. The van der Waals surface area contributed by atoms with E-state index in [2.05, 4.69) is 4.98 Å². The maximum atomic E-state index is 13.1. The fraction of sp³-hybridized carbons (Fsp3) is 0.0769. The number of nitrogens with zero attached hydrogens (tertiary/aromatic N) is 3. The zero-order valence-corrected chi connectivity index (χ0v) is 9.26. The molecule has 0 saturated heterocycles. The van der Waals surface area contributed by atoms with Crippen LogP contribution in [0, 0.1) is 17.1 Å². The standard InChI is InChI=1S/C13H10FN3/c1-17(12-4-2-3-11(14)8-12)13-7-10(9-15)5-6-16-13/h2-8H,1H3. The second-order valence-electron chi connectivity index (χ2n) is 3.55. The second kappa shape index (κ2) is 4.62. The molecule has 4 heteroatoms. The van der Waals surface area contributed by atoms with Gasteiger partial charge in [0.15, 0.2) is 0 Å². The van der Waals surface area contributed by atoms with Crippen molar-refractivity contribution < 1.29 is 4.39 Å². The summed E-state index contributed by atoms with van der Waals surface area (Å²) >= 11 is 0. The maximum absolute atomic E-state index is 13.1. The molecule has 0 saturated carbocycles. The van der Waals surface area contributed by atoms with Crippen molar-refractivity contribution in [1.82, 2.24) is 4.98 Å². The molecule has 1 aromatic heterocycles. The van der Waals surface area contributed by atoms with Gasteiger partial charge in [-0.3, -0.25) is 0 Å². The van der Waals surface area contributed by atoms with E-state index in [1.807, 2.05) is 6.07 Å². The van der Waals surface area contributed by atoms with E-state index in [0.717, 1.165) is 0 Å². The molecule has 0 N–H and O–H groups in total. The topological polar surface area (TPSA) is 39.9 Å². The van der Waals surface area contributed by atoms with Gasteiger partial charge in [0.05, 0.1) is 11.6 Å². The minimum atomic E-state index is -0.300. The van der Waals surface area contributed by atoms with E-state index in [0.29, 0.717) is 17.1 Å². The highest BCUT2D eigenvalue weighted by Gasteiger charge is 2.06. The third-order valence-electron chi connectivity index (χ3n) is 2.41. The van der Waals surface area contributed by atoms with Crippen LogP contribution in [0.25, 0.3) is 0 Å². The number of benzene rings is 1. The molecule has 0 bridgehead atoms. The van der Waals surface area contributed by atoms with Gasteiger partial charge in [-0.1, -0.05) is 6.07 Å². The molecule has 1 aromatic carbocycles. The Hall–Kier alpha value is -2.41. The van der Waals surface area contributed by atoms with Crippen LogP contribution in [0.5, 0.6) is 0 Å². The SMILES string of the molecule is CN(c1cccc(F)c1)c1cc(C#N)ccn1. The Morgan fingerprint density at radius 3 is 2.82 bits per heavy atom. The lowest BCUT2D eigenvalue weighted by Crippen LogP contribution is -2.11. The van der Waals surface area contributed by atoms with E-state index in [-0.39, 0.29) is 5.82 Å². The van der Waals surface area contributed by atoms with Crippen LogP contribution in [0.3, 0.4) is 0 Å². The predicted molar refractivity (Wildman–Crippen MR) is 63.4 cm³/mol. The lowest BCUT2D eigenvalue weighted by atomic mass is 10.2. The third kappa shape index (κ3) is 2.40. The number of nitriles is 1. The summed E-state index contributed by atoms with van der Waals surface area (Å²) in [5.41, 5.74) is 1.21. The van der Waals surface area contributed by atoms with Gasteiger partial charge in [-0.05, 0) is 30.3 Å². The van der Waals surface area contributed by atoms with Gasteiger partial charge in [-0.15, -0.1) is 0 Å². The molecule has 0 radical (unpaired) electrons. The van der Waals surface area contributed by atoms with Crippen molar-refractivity contribution in [3.8, 4) is 6.07 Å².